The van der Waals surface area contributed by atoms with Crippen molar-refractivity contribution >= 4 is 11.9 Å². The number of carbonyl (C=O) groups excluding carboxylic acids is 2. The van der Waals surface area contributed by atoms with Gasteiger partial charge in [0, 0.05) is 0 Å². The Morgan fingerprint density at radius 2 is 1.20 bits per heavy atom. The molecule has 4 N–H and O–H groups in total. The molecule has 0 heterocycles. The smallest absolute Gasteiger partial charge is 1.00 e. The minimum absolute atomic E-state index is 0. The van der Waals surface area contributed by atoms with Crippen molar-refractivity contribution in [3.63, 3.8) is 0 Å². The van der Waals surface area contributed by atoms with Gasteiger partial charge in [0.25, 0.3) is 0 Å². The number of hydrogen-bond donors (Lipinski definition) is 2. The minimum atomic E-state index is -1.33. The molecule has 0 saturated carbocycles. The Balaban J connectivity index is -0.0000000408. The first-order valence-corrected chi connectivity index (χ1v) is 1.54. The van der Waals surface area contributed by atoms with Crippen molar-refractivity contribution in [2.45, 2.75) is 0 Å². The summed E-state index contributed by atoms with van der Waals surface area (Å²) in [5.74, 6) is 5.83. The summed E-state index contributed by atoms with van der Waals surface area (Å²) in [6.45, 7) is 0. The van der Waals surface area contributed by atoms with Crippen LogP contribution in [0.15, 0.2) is 0 Å². The summed E-state index contributed by atoms with van der Waals surface area (Å²) in [6, 6.07) is 0. The quantitative estimate of drug-likeness (QED) is 0.211. The maximum absolute atomic E-state index is 9.84. The predicted octanol–water partition coefficient (Wildman–Crippen LogP) is -7.95. The van der Waals surface area contributed by atoms with Crippen molar-refractivity contribution in [1.82, 2.24) is 0 Å². The van der Waals surface area contributed by atoms with E-state index in [0.29, 0.717) is 0 Å². The standard InChI is InChI=1S/C2H4N2O4.2Na.2H/c3-7-1(5)2(6)8-4;;;;/h3-4H2;;;;/q;2*+1;2*-1. The Morgan fingerprint density at radius 3 is 1.30 bits per heavy atom. The Morgan fingerprint density at radius 1 is 1.00 bits per heavy atom. The summed E-state index contributed by atoms with van der Waals surface area (Å²) in [5.41, 5.74) is 0. The van der Waals surface area contributed by atoms with E-state index in [-0.39, 0.29) is 62.0 Å². The maximum atomic E-state index is 9.84. The van der Waals surface area contributed by atoms with Crippen LogP contribution in [0, 0.1) is 0 Å². The minimum Gasteiger partial charge on any atom is -1.00 e. The van der Waals surface area contributed by atoms with Crippen LogP contribution in [0.3, 0.4) is 0 Å². The van der Waals surface area contributed by atoms with Gasteiger partial charge in [0.1, 0.15) is 0 Å². The fourth-order valence-electron chi connectivity index (χ4n) is 0.0962. The molecule has 0 fully saturated rings. The topological polar surface area (TPSA) is 105 Å². The summed E-state index contributed by atoms with van der Waals surface area (Å²) in [7, 11) is 0. The summed E-state index contributed by atoms with van der Waals surface area (Å²) in [5, 5.41) is 0. The molecule has 50 valence electrons. The van der Waals surface area contributed by atoms with Gasteiger partial charge in [-0.25, -0.2) is 9.59 Å². The van der Waals surface area contributed by atoms with Crippen LogP contribution in [-0.4, -0.2) is 11.9 Å². The normalized spacial score (nSPS) is 6.20. The Kier molecular flexibility index (Phi) is 16.9. The van der Waals surface area contributed by atoms with Crippen molar-refractivity contribution < 1.29 is 81.2 Å². The third-order valence-corrected chi connectivity index (χ3v) is 0.381. The van der Waals surface area contributed by atoms with Crippen molar-refractivity contribution in [2.75, 3.05) is 0 Å². The molecule has 0 saturated heterocycles. The van der Waals surface area contributed by atoms with Gasteiger partial charge in [-0.05, 0) is 0 Å². The maximum Gasteiger partial charge on any atom is 1.00 e. The molecule has 0 spiro atoms. The van der Waals surface area contributed by atoms with E-state index in [1.54, 1.807) is 0 Å². The van der Waals surface area contributed by atoms with Crippen molar-refractivity contribution in [2.24, 2.45) is 11.8 Å². The van der Waals surface area contributed by atoms with Crippen molar-refractivity contribution in [3.05, 3.63) is 0 Å². The van der Waals surface area contributed by atoms with E-state index in [2.05, 4.69) is 21.5 Å². The Bertz CT molecular complexity index is 112. The first-order chi connectivity index (χ1) is 3.72. The largest absolute Gasteiger partial charge is 1.00 e. The molecular weight excluding hydrogens is 162 g/mol. The monoisotopic (exact) mass is 168 g/mol. The van der Waals surface area contributed by atoms with E-state index in [4.69, 9.17) is 0 Å². The zero-order chi connectivity index (χ0) is 6.57. The number of nitrogens with two attached hydrogens (primary N) is 2. The first-order valence-electron chi connectivity index (χ1n) is 1.54. The van der Waals surface area contributed by atoms with Gasteiger partial charge in [0.15, 0.2) is 0 Å². The van der Waals surface area contributed by atoms with E-state index in [1.165, 1.54) is 0 Å². The van der Waals surface area contributed by atoms with Gasteiger partial charge < -0.3 is 12.5 Å². The van der Waals surface area contributed by atoms with Crippen LogP contribution in [0.5, 0.6) is 0 Å². The molecule has 0 aliphatic heterocycles. The van der Waals surface area contributed by atoms with Crippen LogP contribution in [-0.2, 0) is 19.3 Å². The summed E-state index contributed by atoms with van der Waals surface area (Å²) in [6.07, 6.45) is 0. The van der Waals surface area contributed by atoms with Crippen LogP contribution in [0.4, 0.5) is 0 Å². The molecule has 0 radical (unpaired) electrons. The molecule has 10 heavy (non-hydrogen) atoms. The molecule has 0 aromatic carbocycles. The fourth-order valence-corrected chi connectivity index (χ4v) is 0.0962. The molecular formula is C2H6N2Na2O4. The molecule has 0 bridgehead atoms. The van der Waals surface area contributed by atoms with Gasteiger partial charge in [-0.15, -0.1) is 0 Å². The molecule has 0 aromatic rings. The molecule has 0 amide bonds. The molecule has 0 aromatic heterocycles. The van der Waals surface area contributed by atoms with Crippen LogP contribution < -0.4 is 70.9 Å². The fraction of sp³-hybridized carbons (Fsp3) is 0. The zero-order valence-corrected chi connectivity index (χ0v) is 9.79. The third-order valence-electron chi connectivity index (χ3n) is 0.381. The molecule has 0 atom stereocenters. The summed E-state index contributed by atoms with van der Waals surface area (Å²) >= 11 is 0. The van der Waals surface area contributed by atoms with E-state index in [0.717, 1.165) is 0 Å². The van der Waals surface area contributed by atoms with Crippen LogP contribution in [0.25, 0.3) is 0 Å². The van der Waals surface area contributed by atoms with E-state index in [1.807, 2.05) is 0 Å². The number of hydrogen-bond acceptors (Lipinski definition) is 6. The number of carbonyl (C=O) groups is 2. The second-order valence-corrected chi connectivity index (χ2v) is 0.811. The summed E-state index contributed by atoms with van der Waals surface area (Å²) in [4.78, 5) is 26.5. The van der Waals surface area contributed by atoms with Gasteiger partial charge in [0.05, 0.1) is 0 Å². The van der Waals surface area contributed by atoms with Gasteiger partial charge in [-0.2, -0.15) is 11.8 Å². The summed E-state index contributed by atoms with van der Waals surface area (Å²) < 4.78 is 0. The molecule has 0 aliphatic rings. The van der Waals surface area contributed by atoms with Gasteiger partial charge >= 0.3 is 71.1 Å². The average Bonchev–Trinajstić information content (AvgIpc) is 1.84. The van der Waals surface area contributed by atoms with E-state index < -0.39 is 11.9 Å². The molecule has 0 unspecified atom stereocenters. The van der Waals surface area contributed by atoms with E-state index in [9.17, 15) is 9.59 Å². The average molecular weight is 168 g/mol. The van der Waals surface area contributed by atoms with Gasteiger partial charge in [-0.1, -0.05) is 0 Å². The predicted molar refractivity (Wildman–Crippen MR) is 22.8 cm³/mol. The first kappa shape index (κ1) is 17.1. The second-order valence-electron chi connectivity index (χ2n) is 0.811. The Labute approximate surface area is 104 Å². The van der Waals surface area contributed by atoms with Crippen molar-refractivity contribution in [1.29, 1.82) is 0 Å². The number of rotatable bonds is 0. The van der Waals surface area contributed by atoms with Crippen molar-refractivity contribution in [3.8, 4) is 0 Å². The SMILES string of the molecule is NOC(=O)C(=O)ON.[H-].[H-].[Na+].[Na+]. The van der Waals surface area contributed by atoms with E-state index >= 15 is 0 Å². The molecule has 6 nitrogen and oxygen atoms in total. The van der Waals surface area contributed by atoms with Crippen LogP contribution >= 0.6 is 0 Å². The molecule has 0 aliphatic carbocycles. The molecule has 8 heteroatoms. The van der Waals surface area contributed by atoms with Crippen LogP contribution in [0.1, 0.15) is 2.85 Å². The van der Waals surface area contributed by atoms with Gasteiger partial charge in [-0.3, -0.25) is 0 Å². The molecule has 0 rings (SSSR count). The third kappa shape index (κ3) is 6.97. The van der Waals surface area contributed by atoms with Gasteiger partial charge in [0.2, 0.25) is 0 Å². The second kappa shape index (κ2) is 9.86. The van der Waals surface area contributed by atoms with Crippen LogP contribution in [0.2, 0.25) is 0 Å². The Hall–Kier alpha value is 0.860. The zero-order valence-electron chi connectivity index (χ0n) is 7.79.